The first-order valence-corrected chi connectivity index (χ1v) is 8.71. The highest BCUT2D eigenvalue weighted by atomic mass is 16.5. The summed E-state index contributed by atoms with van der Waals surface area (Å²) in [5, 5.41) is 2.82. The van der Waals surface area contributed by atoms with Crippen LogP contribution in [-0.2, 0) is 19.1 Å². The summed E-state index contributed by atoms with van der Waals surface area (Å²) < 4.78 is 5.57. The van der Waals surface area contributed by atoms with Crippen LogP contribution in [0.4, 0.5) is 0 Å². The Bertz CT molecular complexity index is 486. The molecular weight excluding hydrogens is 310 g/mol. The molecule has 7 nitrogen and oxygen atoms in total. The van der Waals surface area contributed by atoms with Gasteiger partial charge < -0.3 is 20.7 Å². The molecule has 2 aliphatic heterocycles. The van der Waals surface area contributed by atoms with E-state index in [1.165, 1.54) is 12.8 Å². The van der Waals surface area contributed by atoms with E-state index in [2.05, 4.69) is 10.2 Å². The third-order valence-corrected chi connectivity index (χ3v) is 4.79. The molecule has 2 amide bonds. The van der Waals surface area contributed by atoms with Crippen LogP contribution in [0.5, 0.6) is 0 Å². The number of primary amides is 1. The topological polar surface area (TPSA) is 102 Å². The molecular formula is C17H29N3O4. The van der Waals surface area contributed by atoms with E-state index in [1.54, 1.807) is 0 Å². The van der Waals surface area contributed by atoms with Crippen molar-refractivity contribution in [2.45, 2.75) is 58.1 Å². The van der Waals surface area contributed by atoms with E-state index < -0.39 is 6.04 Å². The molecule has 7 heteroatoms. The van der Waals surface area contributed by atoms with Crippen LogP contribution in [0.3, 0.4) is 0 Å². The number of nitrogens with one attached hydrogen (secondary N) is 1. The normalized spacial score (nSPS) is 25.2. The lowest BCUT2D eigenvalue weighted by atomic mass is 9.84. The summed E-state index contributed by atoms with van der Waals surface area (Å²) in [5.74, 6) is -0.614. The van der Waals surface area contributed by atoms with Gasteiger partial charge in [-0.15, -0.1) is 0 Å². The van der Waals surface area contributed by atoms with E-state index in [-0.39, 0.29) is 48.6 Å². The van der Waals surface area contributed by atoms with E-state index >= 15 is 0 Å². The quantitative estimate of drug-likeness (QED) is 0.658. The third-order valence-electron chi connectivity index (χ3n) is 4.79. The van der Waals surface area contributed by atoms with Crippen LogP contribution in [0, 0.1) is 5.41 Å². The van der Waals surface area contributed by atoms with E-state index in [1.807, 2.05) is 13.8 Å². The maximum Gasteiger partial charge on any atom is 0.220 e. The second kappa shape index (κ2) is 8.07. The van der Waals surface area contributed by atoms with Crippen LogP contribution in [0.2, 0.25) is 0 Å². The Labute approximate surface area is 143 Å². The lowest BCUT2D eigenvalue weighted by molar-refractivity contribution is -0.127. The Morgan fingerprint density at radius 1 is 1.33 bits per heavy atom. The molecule has 0 aromatic rings. The highest BCUT2D eigenvalue weighted by Crippen LogP contribution is 2.26. The number of ketones is 1. The fourth-order valence-electron chi connectivity index (χ4n) is 3.39. The summed E-state index contributed by atoms with van der Waals surface area (Å²) >= 11 is 0. The Morgan fingerprint density at radius 2 is 2.00 bits per heavy atom. The fraction of sp³-hybridized carbons (Fsp3) is 0.824. The molecule has 2 atom stereocenters. The van der Waals surface area contributed by atoms with Crippen LogP contribution >= 0.6 is 0 Å². The van der Waals surface area contributed by atoms with Gasteiger partial charge in [-0.2, -0.15) is 0 Å². The first-order valence-electron chi connectivity index (χ1n) is 8.71. The molecule has 0 spiro atoms. The number of likely N-dealkylation sites (tertiary alicyclic amines) is 1. The summed E-state index contributed by atoms with van der Waals surface area (Å²) in [6, 6.07) is -0.558. The molecule has 24 heavy (non-hydrogen) atoms. The number of nitrogens with zero attached hydrogens (tertiary/aromatic N) is 1. The summed E-state index contributed by atoms with van der Waals surface area (Å²) in [6.07, 6.45) is 3.13. The molecule has 0 aliphatic carbocycles. The van der Waals surface area contributed by atoms with Crippen LogP contribution in [-0.4, -0.2) is 60.9 Å². The Morgan fingerprint density at radius 3 is 2.62 bits per heavy atom. The van der Waals surface area contributed by atoms with Gasteiger partial charge in [-0.05, 0) is 37.8 Å². The van der Waals surface area contributed by atoms with E-state index in [9.17, 15) is 14.4 Å². The number of hydrogen-bond acceptors (Lipinski definition) is 5. The first-order chi connectivity index (χ1) is 11.3. The maximum absolute atomic E-state index is 12.2. The van der Waals surface area contributed by atoms with Crippen molar-refractivity contribution in [2.75, 3.05) is 26.2 Å². The summed E-state index contributed by atoms with van der Waals surface area (Å²) in [5.41, 5.74) is 4.90. The largest absolute Gasteiger partial charge is 0.370 e. The van der Waals surface area contributed by atoms with Gasteiger partial charge in [0.1, 0.15) is 12.6 Å². The number of hydrogen-bond donors (Lipinski definition) is 2. The summed E-state index contributed by atoms with van der Waals surface area (Å²) in [4.78, 5) is 37.6. The van der Waals surface area contributed by atoms with Crippen molar-refractivity contribution in [3.63, 3.8) is 0 Å². The van der Waals surface area contributed by atoms with Gasteiger partial charge in [0.2, 0.25) is 11.8 Å². The second-order valence-corrected chi connectivity index (χ2v) is 7.68. The number of rotatable bonds is 8. The smallest absolute Gasteiger partial charge is 0.220 e. The van der Waals surface area contributed by atoms with Crippen molar-refractivity contribution >= 4 is 17.6 Å². The van der Waals surface area contributed by atoms with E-state index in [4.69, 9.17) is 10.5 Å². The lowest BCUT2D eigenvalue weighted by Crippen LogP contribution is -2.48. The predicted molar refractivity (Wildman–Crippen MR) is 89.2 cm³/mol. The van der Waals surface area contributed by atoms with Crippen molar-refractivity contribution in [1.29, 1.82) is 0 Å². The molecule has 0 aromatic heterocycles. The van der Waals surface area contributed by atoms with Gasteiger partial charge in [0, 0.05) is 19.4 Å². The standard InChI is InChI=1S/C17H29N3O4/c1-17(2,9-14(18)22)6-5-15(23)19-16-12(21)11-24-13(16)10-20-7-3-4-8-20/h13,16H,3-11H2,1-2H3,(H2,18,22)(H,19,23)/t13-,16?/m0/s1. The molecule has 0 aromatic carbocycles. The SMILES string of the molecule is CC(C)(CCC(=O)NC1C(=O)CO[C@H]1CN1CCCC1)CC(N)=O. The number of nitrogens with two attached hydrogens (primary N) is 1. The van der Waals surface area contributed by atoms with E-state index in [0.29, 0.717) is 13.0 Å². The van der Waals surface area contributed by atoms with Crippen molar-refractivity contribution in [3.8, 4) is 0 Å². The molecule has 0 radical (unpaired) electrons. The van der Waals surface area contributed by atoms with Crippen LogP contribution < -0.4 is 11.1 Å². The highest BCUT2D eigenvalue weighted by Gasteiger charge is 2.38. The monoisotopic (exact) mass is 339 g/mol. The molecule has 2 heterocycles. The minimum Gasteiger partial charge on any atom is -0.370 e. The molecule has 2 saturated heterocycles. The number of amides is 2. The Balaban J connectivity index is 1.82. The van der Waals surface area contributed by atoms with Gasteiger partial charge in [0.15, 0.2) is 5.78 Å². The average Bonchev–Trinajstić information content (AvgIpc) is 3.09. The zero-order chi connectivity index (χ0) is 17.7. The van der Waals surface area contributed by atoms with Crippen molar-refractivity contribution in [1.82, 2.24) is 10.2 Å². The average molecular weight is 339 g/mol. The van der Waals surface area contributed by atoms with Crippen molar-refractivity contribution in [2.24, 2.45) is 11.1 Å². The van der Waals surface area contributed by atoms with Crippen LogP contribution in [0.1, 0.15) is 46.0 Å². The lowest BCUT2D eigenvalue weighted by Gasteiger charge is -2.25. The first kappa shape index (κ1) is 18.9. The molecule has 2 aliphatic rings. The van der Waals surface area contributed by atoms with Crippen molar-refractivity contribution in [3.05, 3.63) is 0 Å². The van der Waals surface area contributed by atoms with Gasteiger partial charge >= 0.3 is 0 Å². The van der Waals surface area contributed by atoms with Crippen molar-refractivity contribution < 1.29 is 19.1 Å². The van der Waals surface area contributed by atoms with Gasteiger partial charge in [-0.1, -0.05) is 13.8 Å². The van der Waals surface area contributed by atoms with Crippen LogP contribution in [0.25, 0.3) is 0 Å². The second-order valence-electron chi connectivity index (χ2n) is 7.68. The maximum atomic E-state index is 12.2. The van der Waals surface area contributed by atoms with Gasteiger partial charge in [-0.3, -0.25) is 14.4 Å². The molecule has 1 unspecified atom stereocenters. The Hall–Kier alpha value is -1.47. The molecule has 0 bridgehead atoms. The van der Waals surface area contributed by atoms with Gasteiger partial charge in [0.25, 0.3) is 0 Å². The van der Waals surface area contributed by atoms with Gasteiger partial charge in [0.05, 0.1) is 6.10 Å². The number of carbonyl (C=O) groups excluding carboxylic acids is 3. The van der Waals surface area contributed by atoms with Crippen LogP contribution in [0.15, 0.2) is 0 Å². The van der Waals surface area contributed by atoms with Gasteiger partial charge in [-0.25, -0.2) is 0 Å². The Kier molecular flexibility index (Phi) is 6.34. The zero-order valence-electron chi connectivity index (χ0n) is 14.7. The zero-order valence-corrected chi connectivity index (χ0v) is 14.7. The summed E-state index contributed by atoms with van der Waals surface area (Å²) in [7, 11) is 0. The molecule has 2 rings (SSSR count). The minimum absolute atomic E-state index is 0.0658. The predicted octanol–water partition coefficient (Wildman–Crippen LogP) is 0.217. The summed E-state index contributed by atoms with van der Waals surface area (Å²) in [6.45, 7) is 6.61. The molecule has 136 valence electrons. The molecule has 2 fully saturated rings. The number of carbonyl (C=O) groups is 3. The fourth-order valence-corrected chi connectivity index (χ4v) is 3.39. The highest BCUT2D eigenvalue weighted by molar-refractivity contribution is 5.91. The molecule has 3 N–H and O–H groups in total. The minimum atomic E-state index is -0.558. The number of ether oxygens (including phenoxy) is 1. The van der Waals surface area contributed by atoms with E-state index in [0.717, 1.165) is 13.1 Å². The third kappa shape index (κ3) is 5.56. The molecule has 0 saturated carbocycles. The number of Topliss-reactive ketones (excluding diaryl/α,β-unsaturated/α-hetero) is 1.